The first-order valence-corrected chi connectivity index (χ1v) is 6.92. The van der Waals surface area contributed by atoms with Gasteiger partial charge in [0.2, 0.25) is 0 Å². The minimum Gasteiger partial charge on any atom is -0.383 e. The van der Waals surface area contributed by atoms with E-state index in [1.54, 1.807) is 0 Å². The molecule has 1 aromatic heterocycles. The monoisotopic (exact) mass is 236 g/mol. The van der Waals surface area contributed by atoms with Gasteiger partial charge in [0.25, 0.3) is 0 Å². The van der Waals surface area contributed by atoms with E-state index in [4.69, 9.17) is 0 Å². The van der Waals surface area contributed by atoms with Gasteiger partial charge in [0.05, 0.1) is 12.0 Å². The van der Waals surface area contributed by atoms with Crippen LogP contribution in [0.1, 0.15) is 58.1 Å². The largest absolute Gasteiger partial charge is 0.383 e. The molecule has 0 atom stereocenters. The number of hydrogen-bond acceptors (Lipinski definition) is 2. The van der Waals surface area contributed by atoms with Crippen molar-refractivity contribution in [2.75, 3.05) is 0 Å². The van der Waals surface area contributed by atoms with Gasteiger partial charge in [-0.2, -0.15) is 0 Å². The van der Waals surface area contributed by atoms with E-state index in [9.17, 15) is 5.11 Å². The zero-order chi connectivity index (χ0) is 12.3. The third kappa shape index (κ3) is 2.71. The van der Waals surface area contributed by atoms with Crippen molar-refractivity contribution in [2.24, 2.45) is 5.92 Å². The molecule has 0 aliphatic heterocycles. The van der Waals surface area contributed by atoms with Crippen LogP contribution < -0.4 is 0 Å². The van der Waals surface area contributed by atoms with E-state index in [1.165, 1.54) is 12.8 Å². The van der Waals surface area contributed by atoms with Crippen LogP contribution in [0.25, 0.3) is 0 Å². The third-order valence-corrected chi connectivity index (χ3v) is 4.10. The smallest absolute Gasteiger partial charge is 0.108 e. The second-order valence-corrected chi connectivity index (χ2v) is 5.35. The maximum absolute atomic E-state index is 10.7. The molecule has 96 valence electrons. The molecule has 0 amide bonds. The number of aliphatic hydroxyl groups is 1. The first kappa shape index (κ1) is 12.6. The van der Waals surface area contributed by atoms with Gasteiger partial charge in [-0.05, 0) is 38.5 Å². The Kier molecular flexibility index (Phi) is 3.87. The van der Waals surface area contributed by atoms with Gasteiger partial charge >= 0.3 is 0 Å². The van der Waals surface area contributed by atoms with Gasteiger partial charge in [-0.15, -0.1) is 0 Å². The summed E-state index contributed by atoms with van der Waals surface area (Å²) in [5.41, 5.74) is 0.208. The quantitative estimate of drug-likeness (QED) is 0.872. The highest BCUT2D eigenvalue weighted by atomic mass is 16.3. The van der Waals surface area contributed by atoms with Crippen LogP contribution in [0.3, 0.4) is 0 Å². The lowest BCUT2D eigenvalue weighted by Crippen LogP contribution is -2.31. The minimum absolute atomic E-state index is 0.662. The van der Waals surface area contributed by atoms with E-state index in [0.717, 1.165) is 43.8 Å². The highest BCUT2D eigenvalue weighted by Gasteiger charge is 2.36. The molecule has 1 heterocycles. The predicted molar refractivity (Wildman–Crippen MR) is 68.7 cm³/mol. The first-order valence-electron chi connectivity index (χ1n) is 6.92. The second kappa shape index (κ2) is 5.21. The fraction of sp³-hybridized carbons (Fsp3) is 0.786. The Morgan fingerprint density at radius 2 is 2.12 bits per heavy atom. The summed E-state index contributed by atoms with van der Waals surface area (Å²) in [6, 6.07) is 0. The molecule has 0 aromatic carbocycles. The average Bonchev–Trinajstić information content (AvgIpc) is 2.82. The summed E-state index contributed by atoms with van der Waals surface area (Å²) in [5, 5.41) is 10.7. The standard InChI is InChI=1S/C14H24N2O/c1-3-5-12-6-8-14(17,9-7-12)13-10-16(4-2)11-15-13/h10-12,17H,3-9H2,1-2H3. The molecule has 0 radical (unpaired) electrons. The molecule has 2 rings (SSSR count). The molecule has 1 aliphatic carbocycles. The normalized spacial score (nSPS) is 29.5. The molecule has 1 fully saturated rings. The number of nitrogens with zero attached hydrogens (tertiary/aromatic N) is 2. The highest BCUT2D eigenvalue weighted by Crippen LogP contribution is 2.40. The van der Waals surface area contributed by atoms with Gasteiger partial charge in [0.1, 0.15) is 5.60 Å². The van der Waals surface area contributed by atoms with E-state index in [1.807, 2.05) is 17.1 Å². The summed E-state index contributed by atoms with van der Waals surface area (Å²) in [6.07, 6.45) is 10.4. The Bertz CT molecular complexity index is 351. The molecule has 17 heavy (non-hydrogen) atoms. The number of hydrogen-bond donors (Lipinski definition) is 1. The van der Waals surface area contributed by atoms with Gasteiger partial charge in [-0.1, -0.05) is 19.8 Å². The van der Waals surface area contributed by atoms with Crippen molar-refractivity contribution in [1.82, 2.24) is 9.55 Å². The molecule has 0 saturated heterocycles. The molecule has 1 aromatic rings. The van der Waals surface area contributed by atoms with Crippen LogP contribution in [0.2, 0.25) is 0 Å². The minimum atomic E-state index is -0.662. The highest BCUT2D eigenvalue weighted by molar-refractivity contribution is 5.10. The molecule has 3 heteroatoms. The van der Waals surface area contributed by atoms with Gasteiger partial charge in [0, 0.05) is 12.7 Å². The van der Waals surface area contributed by atoms with Crippen molar-refractivity contribution < 1.29 is 5.11 Å². The van der Waals surface area contributed by atoms with E-state index in [0.29, 0.717) is 0 Å². The van der Waals surface area contributed by atoms with Crippen molar-refractivity contribution >= 4 is 0 Å². The number of aromatic nitrogens is 2. The van der Waals surface area contributed by atoms with Crippen molar-refractivity contribution in [3.63, 3.8) is 0 Å². The summed E-state index contributed by atoms with van der Waals surface area (Å²) in [6.45, 7) is 5.25. The lowest BCUT2D eigenvalue weighted by atomic mass is 9.76. The zero-order valence-corrected chi connectivity index (χ0v) is 11.0. The first-order chi connectivity index (χ1) is 8.18. The number of imidazole rings is 1. The Labute approximate surface area is 104 Å². The van der Waals surface area contributed by atoms with Gasteiger partial charge in [-0.3, -0.25) is 0 Å². The van der Waals surface area contributed by atoms with Gasteiger partial charge in [0.15, 0.2) is 0 Å². The Morgan fingerprint density at radius 1 is 1.41 bits per heavy atom. The van der Waals surface area contributed by atoms with Crippen LogP contribution in [-0.4, -0.2) is 14.7 Å². The Morgan fingerprint density at radius 3 is 2.65 bits per heavy atom. The molecule has 0 bridgehead atoms. The SMILES string of the molecule is CCCC1CCC(O)(c2cn(CC)cn2)CC1. The Balaban J connectivity index is 2.01. The average molecular weight is 236 g/mol. The number of aryl methyl sites for hydroxylation is 1. The van der Waals surface area contributed by atoms with Crippen molar-refractivity contribution in [3.05, 3.63) is 18.2 Å². The summed E-state index contributed by atoms with van der Waals surface area (Å²) in [7, 11) is 0. The lowest BCUT2D eigenvalue weighted by molar-refractivity contribution is -0.0187. The van der Waals surface area contributed by atoms with E-state index >= 15 is 0 Å². The molecule has 3 nitrogen and oxygen atoms in total. The molecular formula is C14H24N2O. The fourth-order valence-electron chi connectivity index (χ4n) is 2.88. The topological polar surface area (TPSA) is 38.0 Å². The summed E-state index contributed by atoms with van der Waals surface area (Å²) >= 11 is 0. The van der Waals surface area contributed by atoms with Crippen LogP contribution in [0, 0.1) is 5.92 Å². The number of rotatable bonds is 4. The van der Waals surface area contributed by atoms with Crippen LogP contribution in [-0.2, 0) is 12.1 Å². The predicted octanol–water partition coefficient (Wildman–Crippen LogP) is 3.08. The van der Waals surface area contributed by atoms with Crippen molar-refractivity contribution in [3.8, 4) is 0 Å². The Hall–Kier alpha value is -0.830. The van der Waals surface area contributed by atoms with Crippen LogP contribution in [0.5, 0.6) is 0 Å². The van der Waals surface area contributed by atoms with Gasteiger partial charge in [-0.25, -0.2) is 4.98 Å². The molecule has 0 unspecified atom stereocenters. The van der Waals surface area contributed by atoms with Gasteiger partial charge < -0.3 is 9.67 Å². The summed E-state index contributed by atoms with van der Waals surface area (Å²) in [4.78, 5) is 4.37. The lowest BCUT2D eigenvalue weighted by Gasteiger charge is -2.34. The molecule has 1 saturated carbocycles. The summed E-state index contributed by atoms with van der Waals surface area (Å²) in [5.74, 6) is 0.813. The van der Waals surface area contributed by atoms with Crippen LogP contribution in [0.15, 0.2) is 12.5 Å². The van der Waals surface area contributed by atoms with Crippen molar-refractivity contribution in [1.29, 1.82) is 0 Å². The molecule has 0 spiro atoms. The van der Waals surface area contributed by atoms with Crippen LogP contribution in [0.4, 0.5) is 0 Å². The third-order valence-electron chi connectivity index (χ3n) is 4.10. The second-order valence-electron chi connectivity index (χ2n) is 5.35. The summed E-state index contributed by atoms with van der Waals surface area (Å²) < 4.78 is 2.03. The van der Waals surface area contributed by atoms with E-state index in [-0.39, 0.29) is 0 Å². The van der Waals surface area contributed by atoms with E-state index < -0.39 is 5.60 Å². The van der Waals surface area contributed by atoms with Crippen molar-refractivity contribution in [2.45, 2.75) is 64.5 Å². The maximum Gasteiger partial charge on any atom is 0.108 e. The molecule has 1 N–H and O–H groups in total. The maximum atomic E-state index is 10.7. The van der Waals surface area contributed by atoms with E-state index in [2.05, 4.69) is 18.8 Å². The molecule has 1 aliphatic rings. The fourth-order valence-corrected chi connectivity index (χ4v) is 2.88. The zero-order valence-electron chi connectivity index (χ0n) is 11.0. The molecular weight excluding hydrogens is 212 g/mol. The van der Waals surface area contributed by atoms with Crippen LogP contribution >= 0.6 is 0 Å².